The Labute approximate surface area is 194 Å². The molecule has 0 aromatic rings. The predicted molar refractivity (Wildman–Crippen MR) is 108 cm³/mol. The highest BCUT2D eigenvalue weighted by molar-refractivity contribution is 5.85. The second-order valence-electron chi connectivity index (χ2n) is 6.62. The van der Waals surface area contributed by atoms with E-state index in [-0.39, 0.29) is 24.8 Å². The summed E-state index contributed by atoms with van der Waals surface area (Å²) in [4.78, 5) is 47.6. The van der Waals surface area contributed by atoms with Crippen LogP contribution in [0.1, 0.15) is 13.8 Å². The largest absolute Gasteiger partial charge is 0.462 e. The van der Waals surface area contributed by atoms with Crippen molar-refractivity contribution in [1.29, 1.82) is 0 Å². The minimum Gasteiger partial charge on any atom is -0.462 e. The standard InChI is InChI=1S/C16H26N2O12.2ClH/c1-5-9(17)13(23)27-3-8(20)12(22)16(26)30-6(2)10(18)14(24)28-4-7(19)11(21)15(25)29-5;;/h5-12,19-22H,3-4,17-18H2,1-2H3;2*1H/t5-,6-,7+,8+,9+,10+,11-,12-;;/m1../s1. The van der Waals surface area contributed by atoms with E-state index in [9.17, 15) is 39.6 Å². The zero-order valence-corrected chi connectivity index (χ0v) is 18.7. The maximum atomic E-state index is 11.9. The van der Waals surface area contributed by atoms with E-state index in [1.54, 1.807) is 0 Å². The van der Waals surface area contributed by atoms with E-state index in [0.717, 1.165) is 0 Å². The summed E-state index contributed by atoms with van der Waals surface area (Å²) in [5.41, 5.74) is 11.1. The molecule has 0 saturated carbocycles. The third-order valence-electron chi connectivity index (χ3n) is 4.16. The molecule has 0 radical (unpaired) electrons. The molecule has 0 unspecified atom stereocenters. The first kappa shape index (κ1) is 32.4. The van der Waals surface area contributed by atoms with Crippen molar-refractivity contribution in [2.75, 3.05) is 13.2 Å². The van der Waals surface area contributed by atoms with Gasteiger partial charge in [0.05, 0.1) is 0 Å². The van der Waals surface area contributed by atoms with Crippen LogP contribution in [0.4, 0.5) is 0 Å². The Kier molecular flexibility index (Phi) is 14.6. The average molecular weight is 511 g/mol. The topological polar surface area (TPSA) is 238 Å². The summed E-state index contributed by atoms with van der Waals surface area (Å²) in [6.07, 6.45) is -10.8. The summed E-state index contributed by atoms with van der Waals surface area (Å²) in [5.74, 6) is -5.04. The van der Waals surface area contributed by atoms with Crippen LogP contribution in [-0.4, -0.2) is 106 Å². The minimum atomic E-state index is -2.15. The molecular weight excluding hydrogens is 483 g/mol. The van der Waals surface area contributed by atoms with Gasteiger partial charge in [-0.1, -0.05) is 0 Å². The number of halogens is 2. The van der Waals surface area contributed by atoms with Gasteiger partial charge in [0, 0.05) is 0 Å². The van der Waals surface area contributed by atoms with Gasteiger partial charge in [0.1, 0.15) is 49.7 Å². The van der Waals surface area contributed by atoms with E-state index < -0.39 is 85.8 Å². The van der Waals surface area contributed by atoms with Crippen molar-refractivity contribution in [1.82, 2.24) is 0 Å². The number of ether oxygens (including phenoxy) is 4. The molecule has 1 fully saturated rings. The fourth-order valence-corrected chi connectivity index (χ4v) is 2.06. The van der Waals surface area contributed by atoms with Crippen molar-refractivity contribution in [2.45, 2.75) is 62.6 Å². The fraction of sp³-hybridized carbons (Fsp3) is 0.750. The van der Waals surface area contributed by atoms with Gasteiger partial charge in [-0.05, 0) is 13.8 Å². The molecule has 32 heavy (non-hydrogen) atoms. The lowest BCUT2D eigenvalue weighted by Gasteiger charge is -2.25. The maximum absolute atomic E-state index is 11.9. The van der Waals surface area contributed by atoms with E-state index in [1.165, 1.54) is 13.8 Å². The molecule has 16 heteroatoms. The number of aliphatic hydroxyl groups is 4. The first-order chi connectivity index (χ1) is 13.9. The molecule has 0 aromatic heterocycles. The molecule has 0 aromatic carbocycles. The van der Waals surface area contributed by atoms with Crippen LogP contribution in [0.5, 0.6) is 0 Å². The number of cyclic esters (lactones) is 4. The molecule has 1 heterocycles. The number of hydrogen-bond donors (Lipinski definition) is 6. The number of nitrogens with two attached hydrogens (primary N) is 2. The minimum absolute atomic E-state index is 0. The Balaban J connectivity index is 0. The van der Waals surface area contributed by atoms with Gasteiger partial charge in [0.15, 0.2) is 12.2 Å². The number of hydrogen-bond acceptors (Lipinski definition) is 14. The monoisotopic (exact) mass is 510 g/mol. The van der Waals surface area contributed by atoms with Crippen molar-refractivity contribution >= 4 is 48.7 Å². The number of rotatable bonds is 0. The van der Waals surface area contributed by atoms with Crippen LogP contribution in [0.3, 0.4) is 0 Å². The smallest absolute Gasteiger partial charge is 0.338 e. The highest BCUT2D eigenvalue weighted by atomic mass is 35.5. The number of carbonyl (C=O) groups is 4. The zero-order chi connectivity index (χ0) is 23.2. The van der Waals surface area contributed by atoms with E-state index in [1.807, 2.05) is 0 Å². The molecule has 8 N–H and O–H groups in total. The molecular formula is C16H28Cl2N2O12. The van der Waals surface area contributed by atoms with Crippen LogP contribution in [0.15, 0.2) is 0 Å². The highest BCUT2D eigenvalue weighted by Crippen LogP contribution is 2.09. The normalized spacial score (nSPS) is 36.0. The summed E-state index contributed by atoms with van der Waals surface area (Å²) in [6.45, 7) is 0.634. The van der Waals surface area contributed by atoms with Gasteiger partial charge in [0.25, 0.3) is 0 Å². The molecule has 1 rings (SSSR count). The lowest BCUT2D eigenvalue weighted by molar-refractivity contribution is -0.179. The van der Waals surface area contributed by atoms with E-state index in [4.69, 9.17) is 20.9 Å². The molecule has 0 aliphatic carbocycles. The summed E-state index contributed by atoms with van der Waals surface area (Å²) in [6, 6.07) is -3.13. The van der Waals surface area contributed by atoms with E-state index in [2.05, 4.69) is 9.47 Å². The summed E-state index contributed by atoms with van der Waals surface area (Å²) in [5, 5.41) is 39.1. The van der Waals surface area contributed by atoms with E-state index >= 15 is 0 Å². The molecule has 1 aliphatic heterocycles. The van der Waals surface area contributed by atoms with Crippen molar-refractivity contribution in [3.05, 3.63) is 0 Å². The van der Waals surface area contributed by atoms with Crippen molar-refractivity contribution < 1.29 is 58.6 Å². The lowest BCUT2D eigenvalue weighted by Crippen LogP contribution is -2.50. The van der Waals surface area contributed by atoms with Crippen molar-refractivity contribution in [3.8, 4) is 0 Å². The van der Waals surface area contributed by atoms with Gasteiger partial charge in [-0.2, -0.15) is 0 Å². The summed E-state index contributed by atoms with van der Waals surface area (Å²) in [7, 11) is 0. The average Bonchev–Trinajstić information content (AvgIpc) is 2.71. The van der Waals surface area contributed by atoms with Gasteiger partial charge in [-0.25, -0.2) is 9.59 Å². The fourth-order valence-electron chi connectivity index (χ4n) is 2.06. The lowest BCUT2D eigenvalue weighted by atomic mass is 10.1. The SMILES string of the molecule is C[C@H]1OC(=O)[C@H](O)[C@@H](O)COC(=O)[C@@H](N)[C@@H](C)OC(=O)[C@H](O)[C@@H](O)COC(=O)[C@H]1N.Cl.Cl. The van der Waals surface area contributed by atoms with Gasteiger partial charge < -0.3 is 50.8 Å². The zero-order valence-electron chi connectivity index (χ0n) is 17.1. The van der Waals surface area contributed by atoms with Crippen LogP contribution in [-0.2, 0) is 38.1 Å². The molecule has 0 amide bonds. The molecule has 8 atom stereocenters. The summed E-state index contributed by atoms with van der Waals surface area (Å²) >= 11 is 0. The maximum Gasteiger partial charge on any atom is 0.338 e. The molecule has 14 nitrogen and oxygen atoms in total. The Morgan fingerprint density at radius 1 is 0.656 bits per heavy atom. The second kappa shape index (κ2) is 14.4. The Hall–Kier alpha value is -1.78. The van der Waals surface area contributed by atoms with Gasteiger partial charge in [-0.15, -0.1) is 24.8 Å². The number of carbonyl (C=O) groups excluding carboxylic acids is 4. The quantitative estimate of drug-likeness (QED) is 0.134. The third-order valence-corrected chi connectivity index (χ3v) is 4.16. The molecule has 0 spiro atoms. The number of aliphatic hydroxyl groups excluding tert-OH is 4. The predicted octanol–water partition coefficient (Wildman–Crippen LogP) is -4.11. The van der Waals surface area contributed by atoms with Gasteiger partial charge in [0.2, 0.25) is 0 Å². The molecule has 1 aliphatic rings. The number of esters is 4. The second-order valence-corrected chi connectivity index (χ2v) is 6.62. The summed E-state index contributed by atoms with van der Waals surface area (Å²) < 4.78 is 18.9. The Morgan fingerprint density at radius 2 is 0.938 bits per heavy atom. The molecule has 1 saturated heterocycles. The highest BCUT2D eigenvalue weighted by Gasteiger charge is 2.36. The van der Waals surface area contributed by atoms with Crippen molar-refractivity contribution in [2.24, 2.45) is 11.5 Å². The van der Waals surface area contributed by atoms with Crippen LogP contribution in [0.25, 0.3) is 0 Å². The van der Waals surface area contributed by atoms with E-state index in [0.29, 0.717) is 0 Å². The Morgan fingerprint density at radius 3 is 1.22 bits per heavy atom. The van der Waals surface area contributed by atoms with Crippen molar-refractivity contribution in [3.63, 3.8) is 0 Å². The van der Waals surface area contributed by atoms with Crippen LogP contribution < -0.4 is 11.5 Å². The molecule has 188 valence electrons. The first-order valence-corrected chi connectivity index (χ1v) is 8.84. The third kappa shape index (κ3) is 8.99. The van der Waals surface area contributed by atoms with Crippen LogP contribution in [0, 0.1) is 0 Å². The van der Waals surface area contributed by atoms with Gasteiger partial charge >= 0.3 is 23.9 Å². The first-order valence-electron chi connectivity index (χ1n) is 8.84. The Bertz CT molecular complexity index is 601. The van der Waals surface area contributed by atoms with Crippen LogP contribution >= 0.6 is 24.8 Å². The molecule has 0 bridgehead atoms. The van der Waals surface area contributed by atoms with Gasteiger partial charge in [-0.3, -0.25) is 9.59 Å². The van der Waals surface area contributed by atoms with Crippen LogP contribution in [0.2, 0.25) is 0 Å².